The Morgan fingerprint density at radius 3 is 3.10 bits per heavy atom. The van der Waals surface area contributed by atoms with Gasteiger partial charge in [0.1, 0.15) is 11.0 Å². The lowest BCUT2D eigenvalue weighted by Crippen LogP contribution is -2.26. The van der Waals surface area contributed by atoms with Crippen molar-refractivity contribution in [3.8, 4) is 12.3 Å². The maximum Gasteiger partial charge on any atom is 0.284 e. The zero-order chi connectivity index (χ0) is 14.5. The van der Waals surface area contributed by atoms with E-state index in [-0.39, 0.29) is 12.1 Å². The van der Waals surface area contributed by atoms with Crippen LogP contribution in [-0.2, 0) is 6.54 Å². The number of terminal acetylenes is 1. The lowest BCUT2D eigenvalue weighted by atomic mass is 9.82. The zero-order valence-electron chi connectivity index (χ0n) is 11.7. The molecule has 5 heteroatoms. The minimum atomic E-state index is -0.190. The molecule has 1 aromatic heterocycles. The largest absolute Gasteiger partial charge is 0.382 e. The molecule has 2 unspecified atom stereocenters. The second-order valence-corrected chi connectivity index (χ2v) is 6.35. The number of hydrogen-bond acceptors (Lipinski definition) is 3. The summed E-state index contributed by atoms with van der Waals surface area (Å²) in [6.45, 7) is 3.39. The first-order valence-corrected chi connectivity index (χ1v) is 7.84. The fourth-order valence-electron chi connectivity index (χ4n) is 2.79. The number of halogens is 1. The van der Waals surface area contributed by atoms with E-state index in [2.05, 4.69) is 39.2 Å². The maximum atomic E-state index is 12.0. The quantitative estimate of drug-likeness (QED) is 0.859. The van der Waals surface area contributed by atoms with Gasteiger partial charge < -0.3 is 5.32 Å². The monoisotopic (exact) mass is 337 g/mol. The Bertz CT molecular complexity index is 561. The summed E-state index contributed by atoms with van der Waals surface area (Å²) in [6.07, 6.45) is 12.0. The highest BCUT2D eigenvalue weighted by atomic mass is 79.9. The molecule has 108 valence electrons. The fourth-order valence-corrected chi connectivity index (χ4v) is 3.23. The van der Waals surface area contributed by atoms with Crippen LogP contribution >= 0.6 is 15.9 Å². The topological polar surface area (TPSA) is 46.9 Å². The van der Waals surface area contributed by atoms with Crippen molar-refractivity contribution in [1.82, 2.24) is 9.78 Å². The van der Waals surface area contributed by atoms with Crippen LogP contribution in [0.15, 0.2) is 15.5 Å². The number of rotatable bonds is 4. The van der Waals surface area contributed by atoms with Crippen LogP contribution in [0, 0.1) is 24.2 Å². The molecule has 0 saturated heterocycles. The molecule has 1 aromatic rings. The lowest BCUT2D eigenvalue weighted by molar-refractivity contribution is 0.293. The van der Waals surface area contributed by atoms with Gasteiger partial charge in [0.15, 0.2) is 0 Å². The molecule has 0 aliphatic heterocycles. The minimum Gasteiger partial charge on any atom is -0.382 e. The molecule has 1 heterocycles. The van der Waals surface area contributed by atoms with Gasteiger partial charge in [0.25, 0.3) is 5.56 Å². The molecule has 1 saturated carbocycles. The van der Waals surface area contributed by atoms with E-state index in [4.69, 9.17) is 6.42 Å². The van der Waals surface area contributed by atoms with E-state index in [0.29, 0.717) is 10.4 Å². The second-order valence-electron chi connectivity index (χ2n) is 5.56. The van der Waals surface area contributed by atoms with Crippen molar-refractivity contribution in [2.24, 2.45) is 11.8 Å². The van der Waals surface area contributed by atoms with E-state index in [1.807, 2.05) is 0 Å². The fraction of sp³-hybridized carbons (Fsp3) is 0.600. The molecule has 0 bridgehead atoms. The van der Waals surface area contributed by atoms with E-state index < -0.39 is 0 Å². The standard InChI is InChI=1S/C15H20BrN3O/c1-3-7-19-15(20)14(16)13(10-18-19)17-9-12-6-4-5-11(2)8-12/h1,10-12,17H,4-9H2,2H3. The van der Waals surface area contributed by atoms with Gasteiger partial charge in [-0.05, 0) is 40.6 Å². The van der Waals surface area contributed by atoms with E-state index in [9.17, 15) is 4.79 Å². The molecule has 1 N–H and O–H groups in total. The molecular formula is C15H20BrN3O. The predicted octanol–water partition coefficient (Wildman–Crippen LogP) is 2.88. The molecule has 0 spiro atoms. The van der Waals surface area contributed by atoms with Gasteiger partial charge in [-0.15, -0.1) is 6.42 Å². The maximum absolute atomic E-state index is 12.0. The summed E-state index contributed by atoms with van der Waals surface area (Å²) >= 11 is 3.33. The molecule has 1 aliphatic rings. The summed E-state index contributed by atoms with van der Waals surface area (Å²) < 4.78 is 1.78. The van der Waals surface area contributed by atoms with Gasteiger partial charge in [-0.2, -0.15) is 5.10 Å². The summed E-state index contributed by atoms with van der Waals surface area (Å²) in [6, 6.07) is 0. The molecular weight excluding hydrogens is 318 g/mol. The molecule has 4 nitrogen and oxygen atoms in total. The number of anilines is 1. The first-order chi connectivity index (χ1) is 9.61. The van der Waals surface area contributed by atoms with Gasteiger partial charge in [0.05, 0.1) is 11.9 Å². The van der Waals surface area contributed by atoms with Crippen LogP contribution in [0.4, 0.5) is 5.69 Å². The normalized spacial score (nSPS) is 22.2. The Morgan fingerprint density at radius 1 is 1.60 bits per heavy atom. The Balaban J connectivity index is 2.01. The lowest BCUT2D eigenvalue weighted by Gasteiger charge is -2.27. The second kappa shape index (κ2) is 6.94. The molecule has 2 rings (SSSR count). The number of aromatic nitrogens is 2. The van der Waals surface area contributed by atoms with E-state index in [0.717, 1.165) is 18.2 Å². The highest BCUT2D eigenvalue weighted by molar-refractivity contribution is 9.10. The van der Waals surface area contributed by atoms with E-state index in [1.54, 1.807) is 6.20 Å². The van der Waals surface area contributed by atoms with Crippen LogP contribution in [-0.4, -0.2) is 16.3 Å². The molecule has 0 aromatic carbocycles. The third kappa shape index (κ3) is 3.63. The van der Waals surface area contributed by atoms with E-state index >= 15 is 0 Å². The van der Waals surface area contributed by atoms with Gasteiger partial charge >= 0.3 is 0 Å². The van der Waals surface area contributed by atoms with Crippen LogP contribution < -0.4 is 10.9 Å². The van der Waals surface area contributed by atoms with Gasteiger partial charge in [0, 0.05) is 6.54 Å². The van der Waals surface area contributed by atoms with Crippen LogP contribution in [0.5, 0.6) is 0 Å². The highest BCUT2D eigenvalue weighted by Crippen LogP contribution is 2.29. The summed E-state index contributed by atoms with van der Waals surface area (Å²) in [5.74, 6) is 3.90. The van der Waals surface area contributed by atoms with Crippen molar-refractivity contribution in [3.63, 3.8) is 0 Å². The summed E-state index contributed by atoms with van der Waals surface area (Å²) in [5, 5.41) is 7.42. The van der Waals surface area contributed by atoms with Crippen LogP contribution in [0.2, 0.25) is 0 Å². The van der Waals surface area contributed by atoms with Crippen molar-refractivity contribution in [2.45, 2.75) is 39.2 Å². The van der Waals surface area contributed by atoms with Gasteiger partial charge in [-0.1, -0.05) is 25.7 Å². The Hall–Kier alpha value is -1.28. The van der Waals surface area contributed by atoms with Gasteiger partial charge in [-0.25, -0.2) is 4.68 Å². The molecule has 0 radical (unpaired) electrons. The SMILES string of the molecule is C#CCn1ncc(NCC2CCCC(C)C2)c(Br)c1=O. The minimum absolute atomic E-state index is 0.190. The van der Waals surface area contributed by atoms with Crippen molar-refractivity contribution in [2.75, 3.05) is 11.9 Å². The molecule has 2 atom stereocenters. The Kier molecular flexibility index (Phi) is 5.24. The third-order valence-electron chi connectivity index (χ3n) is 3.85. The average Bonchev–Trinajstić information content (AvgIpc) is 2.43. The van der Waals surface area contributed by atoms with Crippen LogP contribution in [0.1, 0.15) is 32.6 Å². The first-order valence-electron chi connectivity index (χ1n) is 7.04. The number of nitrogens with one attached hydrogen (secondary N) is 1. The number of hydrogen-bond donors (Lipinski definition) is 1. The van der Waals surface area contributed by atoms with Gasteiger partial charge in [0.2, 0.25) is 0 Å². The molecule has 1 aliphatic carbocycles. The van der Waals surface area contributed by atoms with Crippen molar-refractivity contribution >= 4 is 21.6 Å². The van der Waals surface area contributed by atoms with Crippen molar-refractivity contribution in [3.05, 3.63) is 21.0 Å². The third-order valence-corrected chi connectivity index (χ3v) is 4.62. The molecule has 0 amide bonds. The van der Waals surface area contributed by atoms with Gasteiger partial charge in [-0.3, -0.25) is 4.79 Å². The molecule has 1 fully saturated rings. The summed E-state index contributed by atoms with van der Waals surface area (Å²) in [4.78, 5) is 12.0. The van der Waals surface area contributed by atoms with E-state index in [1.165, 1.54) is 30.4 Å². The first kappa shape index (κ1) is 15.1. The van der Waals surface area contributed by atoms with Crippen LogP contribution in [0.25, 0.3) is 0 Å². The highest BCUT2D eigenvalue weighted by Gasteiger charge is 2.19. The summed E-state index contributed by atoms with van der Waals surface area (Å²) in [7, 11) is 0. The van der Waals surface area contributed by atoms with Crippen LogP contribution in [0.3, 0.4) is 0 Å². The average molecular weight is 338 g/mol. The zero-order valence-corrected chi connectivity index (χ0v) is 13.3. The predicted molar refractivity (Wildman–Crippen MR) is 84.6 cm³/mol. The Labute approximate surface area is 128 Å². The van der Waals surface area contributed by atoms with Crippen molar-refractivity contribution < 1.29 is 0 Å². The Morgan fingerprint density at radius 2 is 2.40 bits per heavy atom. The van der Waals surface area contributed by atoms with Crippen molar-refractivity contribution in [1.29, 1.82) is 0 Å². The summed E-state index contributed by atoms with van der Waals surface area (Å²) in [5.41, 5.74) is 0.562. The number of nitrogens with zero attached hydrogens (tertiary/aromatic N) is 2. The smallest absolute Gasteiger partial charge is 0.284 e. The molecule has 20 heavy (non-hydrogen) atoms.